The van der Waals surface area contributed by atoms with E-state index in [4.69, 9.17) is 9.47 Å². The molecule has 2 aliphatic rings. The molecule has 6 nitrogen and oxygen atoms in total. The number of carbonyl (C=O) groups excluding carboxylic acids is 1. The number of hydrogen-bond acceptors (Lipinski definition) is 4. The van der Waals surface area contributed by atoms with Gasteiger partial charge < -0.3 is 24.6 Å². The van der Waals surface area contributed by atoms with Crippen LogP contribution in [0.25, 0.3) is 0 Å². The topological polar surface area (TPSA) is 54.0 Å². The number of likely N-dealkylation sites (tertiary alicyclic amines) is 2. The van der Waals surface area contributed by atoms with E-state index in [0.29, 0.717) is 18.7 Å². The molecule has 0 saturated carbocycles. The molecule has 6 heteroatoms. The summed E-state index contributed by atoms with van der Waals surface area (Å²) in [4.78, 5) is 17.0. The molecule has 144 valence electrons. The molecule has 0 bridgehead atoms. The standard InChI is InChI=1S/C20H31N3O3/c1-25-18-5-3-16(4-6-18)15-21-20(24)23-11-7-17(8-12-23)22-13-9-19(26-2)10-14-22/h3-6,17,19H,7-15H2,1-2H3,(H,21,24). The molecule has 1 aromatic carbocycles. The maximum absolute atomic E-state index is 12.4. The van der Waals surface area contributed by atoms with Crippen LogP contribution in [0, 0.1) is 0 Å². The van der Waals surface area contributed by atoms with Crippen LogP contribution in [0.15, 0.2) is 24.3 Å². The Hall–Kier alpha value is -1.79. The molecule has 0 aromatic heterocycles. The van der Waals surface area contributed by atoms with Crippen LogP contribution in [0.3, 0.4) is 0 Å². The number of methoxy groups -OCH3 is 2. The second kappa shape index (κ2) is 9.24. The summed E-state index contributed by atoms with van der Waals surface area (Å²) in [5.41, 5.74) is 1.08. The number of urea groups is 1. The Labute approximate surface area is 156 Å². The number of nitrogens with one attached hydrogen (secondary N) is 1. The van der Waals surface area contributed by atoms with Crippen molar-refractivity contribution in [2.75, 3.05) is 40.4 Å². The van der Waals surface area contributed by atoms with E-state index in [2.05, 4.69) is 10.2 Å². The van der Waals surface area contributed by atoms with E-state index in [1.165, 1.54) is 0 Å². The molecule has 0 radical (unpaired) electrons. The maximum Gasteiger partial charge on any atom is 0.317 e. The minimum atomic E-state index is 0.0392. The Kier molecular flexibility index (Phi) is 6.74. The van der Waals surface area contributed by atoms with Gasteiger partial charge >= 0.3 is 6.03 Å². The van der Waals surface area contributed by atoms with E-state index in [1.807, 2.05) is 36.3 Å². The number of amides is 2. The molecule has 2 amide bonds. The highest BCUT2D eigenvalue weighted by molar-refractivity contribution is 5.74. The summed E-state index contributed by atoms with van der Waals surface area (Å²) in [6.45, 7) is 4.46. The van der Waals surface area contributed by atoms with Crippen LogP contribution >= 0.6 is 0 Å². The quantitative estimate of drug-likeness (QED) is 0.875. The Bertz CT molecular complexity index is 562. The zero-order valence-corrected chi connectivity index (χ0v) is 15.9. The summed E-state index contributed by atoms with van der Waals surface area (Å²) in [7, 11) is 3.46. The van der Waals surface area contributed by atoms with Gasteiger partial charge in [0.15, 0.2) is 0 Å². The average molecular weight is 361 g/mol. The van der Waals surface area contributed by atoms with E-state index in [1.54, 1.807) is 7.11 Å². The van der Waals surface area contributed by atoms with Gasteiger partial charge in [-0.15, -0.1) is 0 Å². The molecule has 0 spiro atoms. The van der Waals surface area contributed by atoms with Crippen LogP contribution in [0.2, 0.25) is 0 Å². The molecule has 0 aliphatic carbocycles. The lowest BCUT2D eigenvalue weighted by atomic mass is 9.99. The predicted molar refractivity (Wildman–Crippen MR) is 101 cm³/mol. The van der Waals surface area contributed by atoms with Gasteiger partial charge in [0.2, 0.25) is 0 Å². The van der Waals surface area contributed by atoms with E-state index < -0.39 is 0 Å². The van der Waals surface area contributed by atoms with Gasteiger partial charge in [0.25, 0.3) is 0 Å². The van der Waals surface area contributed by atoms with Gasteiger partial charge in [0.1, 0.15) is 5.75 Å². The van der Waals surface area contributed by atoms with Crippen LogP contribution in [0.5, 0.6) is 5.75 Å². The smallest absolute Gasteiger partial charge is 0.317 e. The third-order valence-corrected chi connectivity index (χ3v) is 5.68. The van der Waals surface area contributed by atoms with Crippen molar-refractivity contribution in [1.29, 1.82) is 0 Å². The molecule has 1 N–H and O–H groups in total. The van der Waals surface area contributed by atoms with E-state index in [-0.39, 0.29) is 6.03 Å². The molecule has 2 fully saturated rings. The number of benzene rings is 1. The summed E-state index contributed by atoms with van der Waals surface area (Å²) < 4.78 is 10.6. The summed E-state index contributed by atoms with van der Waals surface area (Å²) in [5.74, 6) is 0.830. The number of piperidine rings is 2. The van der Waals surface area contributed by atoms with Crippen molar-refractivity contribution in [3.8, 4) is 5.75 Å². The normalized spacial score (nSPS) is 20.2. The van der Waals surface area contributed by atoms with E-state index >= 15 is 0 Å². The first kappa shape index (κ1) is 19.0. The second-order valence-electron chi connectivity index (χ2n) is 7.20. The van der Waals surface area contributed by atoms with Crippen LogP contribution in [-0.4, -0.2) is 68.4 Å². The fourth-order valence-electron chi connectivity index (χ4n) is 3.94. The van der Waals surface area contributed by atoms with Crippen LogP contribution in [0.4, 0.5) is 4.79 Å². The molecule has 3 rings (SSSR count). The van der Waals surface area contributed by atoms with Gasteiger partial charge in [0.05, 0.1) is 13.2 Å². The van der Waals surface area contributed by atoms with Crippen LogP contribution < -0.4 is 10.1 Å². The first-order valence-electron chi connectivity index (χ1n) is 9.62. The Morgan fingerprint density at radius 1 is 1.04 bits per heavy atom. The van der Waals surface area contributed by atoms with Crippen LogP contribution in [-0.2, 0) is 11.3 Å². The Morgan fingerprint density at radius 2 is 1.69 bits per heavy atom. The lowest BCUT2D eigenvalue weighted by Gasteiger charge is -2.41. The first-order chi connectivity index (χ1) is 12.7. The van der Waals surface area contributed by atoms with Gasteiger partial charge in [-0.25, -0.2) is 4.79 Å². The lowest BCUT2D eigenvalue weighted by molar-refractivity contribution is 0.0170. The fourth-order valence-corrected chi connectivity index (χ4v) is 3.94. The highest BCUT2D eigenvalue weighted by Crippen LogP contribution is 2.22. The highest BCUT2D eigenvalue weighted by atomic mass is 16.5. The van der Waals surface area contributed by atoms with Crippen molar-refractivity contribution in [3.63, 3.8) is 0 Å². The summed E-state index contributed by atoms with van der Waals surface area (Å²) in [6, 6.07) is 8.44. The second-order valence-corrected chi connectivity index (χ2v) is 7.20. The van der Waals surface area contributed by atoms with Crippen molar-refractivity contribution in [1.82, 2.24) is 15.1 Å². The fraction of sp³-hybridized carbons (Fsp3) is 0.650. The molecule has 0 atom stereocenters. The monoisotopic (exact) mass is 361 g/mol. The zero-order valence-electron chi connectivity index (χ0n) is 15.9. The molecule has 26 heavy (non-hydrogen) atoms. The lowest BCUT2D eigenvalue weighted by Crippen LogP contribution is -2.51. The number of ether oxygens (including phenoxy) is 2. The maximum atomic E-state index is 12.4. The highest BCUT2D eigenvalue weighted by Gasteiger charge is 2.29. The largest absolute Gasteiger partial charge is 0.497 e. The number of carbonyl (C=O) groups is 1. The molecular weight excluding hydrogens is 330 g/mol. The van der Waals surface area contributed by atoms with E-state index in [0.717, 1.165) is 63.2 Å². The number of hydrogen-bond donors (Lipinski definition) is 1. The van der Waals surface area contributed by atoms with Crippen molar-refractivity contribution in [2.24, 2.45) is 0 Å². The van der Waals surface area contributed by atoms with Crippen molar-refractivity contribution in [3.05, 3.63) is 29.8 Å². The SMILES string of the molecule is COc1ccc(CNC(=O)N2CCC(N3CCC(OC)CC3)CC2)cc1. The molecule has 1 aromatic rings. The molecular formula is C20H31N3O3. The molecule has 2 aliphatic heterocycles. The van der Waals surface area contributed by atoms with Crippen molar-refractivity contribution >= 4 is 6.03 Å². The van der Waals surface area contributed by atoms with Gasteiger partial charge in [-0.3, -0.25) is 0 Å². The third kappa shape index (κ3) is 4.89. The minimum absolute atomic E-state index is 0.0392. The first-order valence-corrected chi connectivity index (χ1v) is 9.62. The van der Waals surface area contributed by atoms with Crippen LogP contribution in [0.1, 0.15) is 31.2 Å². The average Bonchev–Trinajstić information content (AvgIpc) is 2.72. The summed E-state index contributed by atoms with van der Waals surface area (Å²) in [5, 5.41) is 3.03. The number of rotatable bonds is 5. The Morgan fingerprint density at radius 3 is 2.27 bits per heavy atom. The molecule has 2 saturated heterocycles. The number of nitrogens with zero attached hydrogens (tertiary/aromatic N) is 2. The van der Waals surface area contributed by atoms with Gasteiger partial charge in [-0.2, -0.15) is 0 Å². The van der Waals surface area contributed by atoms with Gasteiger partial charge in [0, 0.05) is 45.9 Å². The van der Waals surface area contributed by atoms with E-state index in [9.17, 15) is 4.79 Å². The summed E-state index contributed by atoms with van der Waals surface area (Å²) in [6.07, 6.45) is 4.80. The van der Waals surface area contributed by atoms with Gasteiger partial charge in [-0.1, -0.05) is 12.1 Å². The minimum Gasteiger partial charge on any atom is -0.497 e. The van der Waals surface area contributed by atoms with Gasteiger partial charge in [-0.05, 0) is 43.4 Å². The third-order valence-electron chi connectivity index (χ3n) is 5.68. The van der Waals surface area contributed by atoms with Crippen molar-refractivity contribution in [2.45, 2.75) is 44.4 Å². The van der Waals surface area contributed by atoms with Crippen molar-refractivity contribution < 1.29 is 14.3 Å². The Balaban J connectivity index is 1.39. The zero-order chi connectivity index (χ0) is 18.4. The summed E-state index contributed by atoms with van der Waals surface area (Å²) >= 11 is 0. The molecule has 0 unspecified atom stereocenters. The molecule has 2 heterocycles. The predicted octanol–water partition coefficient (Wildman–Crippen LogP) is 2.48.